The molecule has 1 heterocycles. The SMILES string of the molecule is NCC1(c2nc3c(F)cccc3[nH]2)CC1. The zero-order chi connectivity index (χ0) is 10.5. The van der Waals surface area contributed by atoms with Crippen LogP contribution in [0.2, 0.25) is 0 Å². The van der Waals surface area contributed by atoms with Crippen molar-refractivity contribution in [3.05, 3.63) is 29.8 Å². The number of aromatic amines is 1. The van der Waals surface area contributed by atoms with Crippen molar-refractivity contribution >= 4 is 11.0 Å². The van der Waals surface area contributed by atoms with Gasteiger partial charge in [-0.1, -0.05) is 6.07 Å². The Morgan fingerprint density at radius 1 is 1.47 bits per heavy atom. The second-order valence-electron chi connectivity index (χ2n) is 4.21. The molecule has 78 valence electrons. The van der Waals surface area contributed by atoms with E-state index in [-0.39, 0.29) is 11.2 Å². The van der Waals surface area contributed by atoms with Crippen LogP contribution < -0.4 is 5.73 Å². The summed E-state index contributed by atoms with van der Waals surface area (Å²) in [6.07, 6.45) is 2.09. The maximum absolute atomic E-state index is 13.4. The van der Waals surface area contributed by atoms with E-state index in [1.54, 1.807) is 6.07 Å². The average molecular weight is 205 g/mol. The molecule has 3 N–H and O–H groups in total. The smallest absolute Gasteiger partial charge is 0.151 e. The molecule has 1 fully saturated rings. The van der Waals surface area contributed by atoms with Crippen LogP contribution in [-0.2, 0) is 5.41 Å². The van der Waals surface area contributed by atoms with E-state index in [1.807, 2.05) is 6.07 Å². The normalized spacial score (nSPS) is 18.3. The standard InChI is InChI=1S/C11H12FN3/c12-7-2-1-3-8-9(7)15-10(14-8)11(6-13)4-5-11/h1-3H,4-6,13H2,(H,14,15). The molecule has 0 radical (unpaired) electrons. The fourth-order valence-electron chi connectivity index (χ4n) is 1.94. The second kappa shape index (κ2) is 2.79. The van der Waals surface area contributed by atoms with Gasteiger partial charge in [-0.15, -0.1) is 0 Å². The lowest BCUT2D eigenvalue weighted by molar-refractivity contribution is 0.633. The summed E-state index contributed by atoms with van der Waals surface area (Å²) in [5.41, 5.74) is 6.88. The van der Waals surface area contributed by atoms with Gasteiger partial charge in [-0.2, -0.15) is 0 Å². The molecule has 1 aliphatic rings. The molecule has 3 rings (SSSR count). The van der Waals surface area contributed by atoms with Crippen molar-refractivity contribution in [3.63, 3.8) is 0 Å². The monoisotopic (exact) mass is 205 g/mol. The highest BCUT2D eigenvalue weighted by Crippen LogP contribution is 2.46. The maximum Gasteiger partial charge on any atom is 0.151 e. The molecule has 1 aromatic carbocycles. The number of hydrogen-bond donors (Lipinski definition) is 2. The summed E-state index contributed by atoms with van der Waals surface area (Å²) < 4.78 is 13.4. The molecule has 1 saturated carbocycles. The molecule has 0 aliphatic heterocycles. The fraction of sp³-hybridized carbons (Fsp3) is 0.364. The molecule has 0 bridgehead atoms. The third kappa shape index (κ3) is 1.18. The van der Waals surface area contributed by atoms with Crippen molar-refractivity contribution in [3.8, 4) is 0 Å². The topological polar surface area (TPSA) is 54.7 Å². The molecule has 0 amide bonds. The first kappa shape index (κ1) is 8.85. The number of halogens is 1. The third-order valence-electron chi connectivity index (χ3n) is 3.21. The maximum atomic E-state index is 13.4. The van der Waals surface area contributed by atoms with Gasteiger partial charge in [0.05, 0.1) is 5.52 Å². The summed E-state index contributed by atoms with van der Waals surface area (Å²) in [6, 6.07) is 4.94. The van der Waals surface area contributed by atoms with Crippen LogP contribution in [0.4, 0.5) is 4.39 Å². The van der Waals surface area contributed by atoms with Crippen LogP contribution in [-0.4, -0.2) is 16.5 Å². The number of hydrogen-bond acceptors (Lipinski definition) is 2. The second-order valence-corrected chi connectivity index (χ2v) is 4.21. The van der Waals surface area contributed by atoms with Crippen LogP contribution in [0.25, 0.3) is 11.0 Å². The number of nitrogens with zero attached hydrogens (tertiary/aromatic N) is 1. The predicted molar refractivity (Wildman–Crippen MR) is 56.0 cm³/mol. The number of imidazole rings is 1. The highest BCUT2D eigenvalue weighted by atomic mass is 19.1. The molecule has 0 unspecified atom stereocenters. The van der Waals surface area contributed by atoms with Crippen LogP contribution in [0.15, 0.2) is 18.2 Å². The first-order valence-electron chi connectivity index (χ1n) is 5.10. The van der Waals surface area contributed by atoms with Gasteiger partial charge in [0.15, 0.2) is 5.82 Å². The van der Waals surface area contributed by atoms with Gasteiger partial charge >= 0.3 is 0 Å². The molecule has 2 aromatic rings. The zero-order valence-corrected chi connectivity index (χ0v) is 8.26. The van der Waals surface area contributed by atoms with Gasteiger partial charge < -0.3 is 10.7 Å². The van der Waals surface area contributed by atoms with Gasteiger partial charge in [0.1, 0.15) is 11.3 Å². The van der Waals surface area contributed by atoms with Crippen LogP contribution >= 0.6 is 0 Å². The van der Waals surface area contributed by atoms with Gasteiger partial charge in [0.2, 0.25) is 0 Å². The summed E-state index contributed by atoms with van der Waals surface area (Å²) in [4.78, 5) is 7.47. The van der Waals surface area contributed by atoms with Crippen molar-refractivity contribution in [1.29, 1.82) is 0 Å². The van der Waals surface area contributed by atoms with Crippen LogP contribution in [0, 0.1) is 5.82 Å². The zero-order valence-electron chi connectivity index (χ0n) is 8.26. The number of nitrogens with two attached hydrogens (primary N) is 1. The Balaban J connectivity index is 2.19. The summed E-state index contributed by atoms with van der Waals surface area (Å²) >= 11 is 0. The molecule has 0 saturated heterocycles. The molecular weight excluding hydrogens is 193 g/mol. The van der Waals surface area contributed by atoms with Crippen LogP contribution in [0.3, 0.4) is 0 Å². The van der Waals surface area contributed by atoms with E-state index in [0.717, 1.165) is 24.2 Å². The first-order chi connectivity index (χ1) is 7.25. The lowest BCUT2D eigenvalue weighted by Gasteiger charge is -2.06. The van der Waals surface area contributed by atoms with E-state index < -0.39 is 0 Å². The largest absolute Gasteiger partial charge is 0.341 e. The van der Waals surface area contributed by atoms with Crippen molar-refractivity contribution < 1.29 is 4.39 Å². The Labute approximate surface area is 86.5 Å². The highest BCUT2D eigenvalue weighted by Gasteiger charge is 2.45. The first-order valence-corrected chi connectivity index (χ1v) is 5.10. The predicted octanol–water partition coefficient (Wildman–Crippen LogP) is 1.69. The van der Waals surface area contributed by atoms with Crippen molar-refractivity contribution in [2.75, 3.05) is 6.54 Å². The Hall–Kier alpha value is -1.42. The van der Waals surface area contributed by atoms with Crippen molar-refractivity contribution in [2.45, 2.75) is 18.3 Å². The summed E-state index contributed by atoms with van der Waals surface area (Å²) in [5.74, 6) is 0.563. The third-order valence-corrected chi connectivity index (χ3v) is 3.21. The minimum atomic E-state index is -0.275. The molecule has 0 atom stereocenters. The Morgan fingerprint density at radius 3 is 2.87 bits per heavy atom. The van der Waals surface area contributed by atoms with E-state index >= 15 is 0 Å². The molecule has 0 spiro atoms. The van der Waals surface area contributed by atoms with Gasteiger partial charge in [-0.3, -0.25) is 0 Å². The minimum Gasteiger partial charge on any atom is -0.341 e. The molecule has 1 aliphatic carbocycles. The van der Waals surface area contributed by atoms with Gasteiger partial charge in [-0.25, -0.2) is 9.37 Å². The molecule has 1 aromatic heterocycles. The number of fused-ring (bicyclic) bond motifs is 1. The minimum absolute atomic E-state index is 0.00847. The lowest BCUT2D eigenvalue weighted by atomic mass is 10.1. The number of H-pyrrole nitrogens is 1. The molecular formula is C11H12FN3. The number of rotatable bonds is 2. The summed E-state index contributed by atoms with van der Waals surface area (Å²) in [6.45, 7) is 0.578. The van der Waals surface area contributed by atoms with Gasteiger partial charge in [0.25, 0.3) is 0 Å². The van der Waals surface area contributed by atoms with E-state index in [2.05, 4.69) is 9.97 Å². The summed E-state index contributed by atoms with van der Waals surface area (Å²) in [7, 11) is 0. The molecule has 3 nitrogen and oxygen atoms in total. The van der Waals surface area contributed by atoms with E-state index in [1.165, 1.54) is 6.07 Å². The van der Waals surface area contributed by atoms with Gasteiger partial charge in [-0.05, 0) is 25.0 Å². The Kier molecular flexibility index (Phi) is 1.65. The van der Waals surface area contributed by atoms with Crippen molar-refractivity contribution in [2.24, 2.45) is 5.73 Å². The number of benzene rings is 1. The van der Waals surface area contributed by atoms with Crippen molar-refractivity contribution in [1.82, 2.24) is 9.97 Å². The fourth-order valence-corrected chi connectivity index (χ4v) is 1.94. The molecule has 4 heteroatoms. The molecule has 15 heavy (non-hydrogen) atoms. The van der Waals surface area contributed by atoms with E-state index in [4.69, 9.17) is 5.73 Å². The summed E-state index contributed by atoms with van der Waals surface area (Å²) in [5, 5.41) is 0. The van der Waals surface area contributed by atoms with Crippen LogP contribution in [0.1, 0.15) is 18.7 Å². The van der Waals surface area contributed by atoms with E-state index in [9.17, 15) is 4.39 Å². The van der Waals surface area contributed by atoms with E-state index in [0.29, 0.717) is 12.1 Å². The van der Waals surface area contributed by atoms with Crippen LogP contribution in [0.5, 0.6) is 0 Å². The van der Waals surface area contributed by atoms with Gasteiger partial charge in [0, 0.05) is 12.0 Å². The lowest BCUT2D eigenvalue weighted by Crippen LogP contribution is -2.21. The Morgan fingerprint density at radius 2 is 2.27 bits per heavy atom. The number of nitrogens with one attached hydrogen (secondary N) is 1. The Bertz CT molecular complexity index is 514. The quantitative estimate of drug-likeness (QED) is 0.783. The highest BCUT2D eigenvalue weighted by molar-refractivity contribution is 5.76. The number of para-hydroxylation sites is 1. The average Bonchev–Trinajstić information content (AvgIpc) is 2.92. The number of aromatic nitrogens is 2.